The van der Waals surface area contributed by atoms with Crippen LogP contribution in [0, 0.1) is 0 Å². The van der Waals surface area contributed by atoms with Gasteiger partial charge in [-0.2, -0.15) is 0 Å². The van der Waals surface area contributed by atoms with Crippen LogP contribution in [0.25, 0.3) is 0 Å². The molecule has 2 rings (SSSR count). The van der Waals surface area contributed by atoms with Gasteiger partial charge in [-0.1, -0.05) is 0 Å². The maximum absolute atomic E-state index is 11.2. The van der Waals surface area contributed by atoms with Gasteiger partial charge in [0.15, 0.2) is 0 Å². The highest BCUT2D eigenvalue weighted by Crippen LogP contribution is 2.28. The molecule has 4 heteroatoms. The fourth-order valence-electron chi connectivity index (χ4n) is 2.17. The quantitative estimate of drug-likeness (QED) is 0.572. The minimum atomic E-state index is -0.211. The number of urea groups is 1. The summed E-state index contributed by atoms with van der Waals surface area (Å²) in [6.45, 7) is 1.44. The van der Waals surface area contributed by atoms with Crippen LogP contribution in [0.2, 0.25) is 0 Å². The van der Waals surface area contributed by atoms with Crippen molar-refractivity contribution in [1.29, 1.82) is 0 Å². The van der Waals surface area contributed by atoms with E-state index in [1.54, 1.807) is 0 Å². The van der Waals surface area contributed by atoms with Crippen molar-refractivity contribution in [1.82, 2.24) is 10.2 Å². The summed E-state index contributed by atoms with van der Waals surface area (Å²) in [5, 5.41) is 2.81. The number of rotatable bonds is 0. The Morgan fingerprint density at radius 1 is 1.58 bits per heavy atom. The lowest BCUT2D eigenvalue weighted by Crippen LogP contribution is -2.37. The lowest BCUT2D eigenvalue weighted by atomic mass is 10.2. The van der Waals surface area contributed by atoms with Gasteiger partial charge in [0.1, 0.15) is 0 Å². The van der Waals surface area contributed by atoms with Crippen LogP contribution in [0.4, 0.5) is 4.79 Å². The summed E-state index contributed by atoms with van der Waals surface area (Å²) in [6.07, 6.45) is 3.09. The third-order valence-electron chi connectivity index (χ3n) is 2.68. The van der Waals surface area contributed by atoms with Crippen molar-refractivity contribution in [3.05, 3.63) is 0 Å². The van der Waals surface area contributed by atoms with E-state index in [9.17, 15) is 9.59 Å². The van der Waals surface area contributed by atoms with Crippen molar-refractivity contribution in [3.63, 3.8) is 0 Å². The predicted molar refractivity (Wildman–Crippen MR) is 42.5 cm³/mol. The zero-order valence-electron chi connectivity index (χ0n) is 7.04. The SMILES string of the molecule is CC(=O)N1C(=O)N[C@H]2CCC[C@H]21. The van der Waals surface area contributed by atoms with Crippen molar-refractivity contribution in [3.8, 4) is 0 Å². The second-order valence-electron chi connectivity index (χ2n) is 3.44. The van der Waals surface area contributed by atoms with E-state index in [2.05, 4.69) is 5.32 Å². The highest BCUT2D eigenvalue weighted by atomic mass is 16.2. The van der Waals surface area contributed by atoms with Gasteiger partial charge in [-0.3, -0.25) is 9.69 Å². The van der Waals surface area contributed by atoms with Crippen LogP contribution in [0.5, 0.6) is 0 Å². The second-order valence-corrected chi connectivity index (χ2v) is 3.44. The molecule has 12 heavy (non-hydrogen) atoms. The summed E-state index contributed by atoms with van der Waals surface area (Å²) < 4.78 is 0. The van der Waals surface area contributed by atoms with E-state index < -0.39 is 0 Å². The van der Waals surface area contributed by atoms with E-state index in [0.717, 1.165) is 19.3 Å². The first-order valence-corrected chi connectivity index (χ1v) is 4.30. The van der Waals surface area contributed by atoms with E-state index in [0.29, 0.717) is 0 Å². The van der Waals surface area contributed by atoms with E-state index >= 15 is 0 Å². The third kappa shape index (κ3) is 0.906. The van der Waals surface area contributed by atoms with Crippen LogP contribution in [0.3, 0.4) is 0 Å². The molecule has 1 heterocycles. The van der Waals surface area contributed by atoms with Crippen molar-refractivity contribution in [2.24, 2.45) is 0 Å². The Kier molecular flexibility index (Phi) is 1.56. The molecule has 0 aromatic carbocycles. The Balaban J connectivity index is 2.21. The largest absolute Gasteiger partial charge is 0.333 e. The van der Waals surface area contributed by atoms with Crippen LogP contribution in [0.15, 0.2) is 0 Å². The Morgan fingerprint density at radius 3 is 3.00 bits per heavy atom. The Bertz CT molecular complexity index is 239. The molecule has 0 radical (unpaired) electrons. The number of fused-ring (bicyclic) bond motifs is 1. The Hall–Kier alpha value is -1.06. The zero-order valence-corrected chi connectivity index (χ0v) is 7.04. The van der Waals surface area contributed by atoms with Gasteiger partial charge in [-0.05, 0) is 19.3 Å². The average molecular weight is 168 g/mol. The molecule has 1 saturated heterocycles. The lowest BCUT2D eigenvalue weighted by molar-refractivity contribution is -0.126. The van der Waals surface area contributed by atoms with Gasteiger partial charge in [0.2, 0.25) is 5.91 Å². The van der Waals surface area contributed by atoms with Crippen LogP contribution >= 0.6 is 0 Å². The van der Waals surface area contributed by atoms with Gasteiger partial charge in [0.25, 0.3) is 0 Å². The fourth-order valence-corrected chi connectivity index (χ4v) is 2.17. The highest BCUT2D eigenvalue weighted by molar-refractivity contribution is 5.95. The Labute approximate surface area is 70.9 Å². The molecule has 1 N–H and O–H groups in total. The monoisotopic (exact) mass is 168 g/mol. The van der Waals surface area contributed by atoms with Gasteiger partial charge < -0.3 is 5.32 Å². The first-order valence-electron chi connectivity index (χ1n) is 4.30. The predicted octanol–water partition coefficient (Wildman–Crippen LogP) is 0.479. The number of amides is 3. The smallest absolute Gasteiger partial charge is 0.324 e. The molecule has 66 valence electrons. The number of hydrogen-bond donors (Lipinski definition) is 1. The van der Waals surface area contributed by atoms with Crippen molar-refractivity contribution >= 4 is 11.9 Å². The number of carbonyl (C=O) groups is 2. The number of nitrogens with one attached hydrogen (secondary N) is 1. The molecule has 1 aliphatic heterocycles. The third-order valence-corrected chi connectivity index (χ3v) is 2.68. The van der Waals surface area contributed by atoms with Crippen LogP contribution in [0.1, 0.15) is 26.2 Å². The molecular weight excluding hydrogens is 156 g/mol. The highest BCUT2D eigenvalue weighted by Gasteiger charge is 2.43. The summed E-state index contributed by atoms with van der Waals surface area (Å²) in [5.41, 5.74) is 0. The molecule has 4 nitrogen and oxygen atoms in total. The standard InChI is InChI=1S/C8H12N2O2/c1-5(11)10-7-4-2-3-6(7)9-8(10)12/h6-7H,2-4H2,1H3,(H,9,12)/t6-,7+/m0/s1. The molecule has 2 fully saturated rings. The normalized spacial score (nSPS) is 33.4. The molecule has 1 aliphatic carbocycles. The van der Waals surface area contributed by atoms with Gasteiger partial charge in [0.05, 0.1) is 12.1 Å². The van der Waals surface area contributed by atoms with Gasteiger partial charge in [-0.25, -0.2) is 4.79 Å². The molecule has 0 bridgehead atoms. The molecule has 0 spiro atoms. The van der Waals surface area contributed by atoms with E-state index in [1.807, 2.05) is 0 Å². The summed E-state index contributed by atoms with van der Waals surface area (Å²) in [7, 11) is 0. The minimum Gasteiger partial charge on any atom is -0.333 e. The fraction of sp³-hybridized carbons (Fsp3) is 0.750. The summed E-state index contributed by atoms with van der Waals surface area (Å²) in [5.74, 6) is -0.137. The molecule has 3 amide bonds. The molecular formula is C8H12N2O2. The van der Waals surface area contributed by atoms with Gasteiger partial charge in [-0.15, -0.1) is 0 Å². The second kappa shape index (κ2) is 2.47. The summed E-state index contributed by atoms with van der Waals surface area (Å²) in [6, 6.07) is 0.147. The maximum atomic E-state index is 11.2. The van der Waals surface area contributed by atoms with Crippen LogP contribution < -0.4 is 5.32 Å². The van der Waals surface area contributed by atoms with E-state index in [1.165, 1.54) is 11.8 Å². The molecule has 2 atom stereocenters. The number of imide groups is 1. The first-order chi connectivity index (χ1) is 5.70. The lowest BCUT2D eigenvalue weighted by Gasteiger charge is -2.17. The van der Waals surface area contributed by atoms with Crippen molar-refractivity contribution in [2.45, 2.75) is 38.3 Å². The summed E-state index contributed by atoms with van der Waals surface area (Å²) >= 11 is 0. The molecule has 2 aliphatic rings. The van der Waals surface area contributed by atoms with Crippen LogP contribution in [-0.2, 0) is 4.79 Å². The van der Waals surface area contributed by atoms with Gasteiger partial charge >= 0.3 is 6.03 Å². The zero-order chi connectivity index (χ0) is 8.72. The number of carbonyl (C=O) groups excluding carboxylic acids is 2. The average Bonchev–Trinajstić information content (AvgIpc) is 2.44. The Morgan fingerprint density at radius 2 is 2.33 bits per heavy atom. The van der Waals surface area contributed by atoms with E-state index in [-0.39, 0.29) is 24.0 Å². The number of nitrogens with zero attached hydrogens (tertiary/aromatic N) is 1. The summed E-state index contributed by atoms with van der Waals surface area (Å²) in [4.78, 5) is 23.6. The molecule has 0 aromatic heterocycles. The first kappa shape index (κ1) is 7.58. The topological polar surface area (TPSA) is 49.4 Å². The van der Waals surface area contributed by atoms with Crippen molar-refractivity contribution in [2.75, 3.05) is 0 Å². The molecule has 0 aromatic rings. The van der Waals surface area contributed by atoms with Crippen LogP contribution in [-0.4, -0.2) is 28.9 Å². The van der Waals surface area contributed by atoms with Gasteiger partial charge in [0, 0.05) is 6.92 Å². The van der Waals surface area contributed by atoms with Crippen molar-refractivity contribution < 1.29 is 9.59 Å². The molecule has 0 unspecified atom stereocenters. The minimum absolute atomic E-state index is 0.134. The van der Waals surface area contributed by atoms with E-state index in [4.69, 9.17) is 0 Å². The number of hydrogen-bond acceptors (Lipinski definition) is 2. The maximum Gasteiger partial charge on any atom is 0.324 e. The molecule has 1 saturated carbocycles.